The summed E-state index contributed by atoms with van der Waals surface area (Å²) in [7, 11) is 1.91. The van der Waals surface area contributed by atoms with Crippen LogP contribution in [0.5, 0.6) is 0 Å². The van der Waals surface area contributed by atoms with Gasteiger partial charge in [0, 0.05) is 70.8 Å². The molecule has 1 amide bonds. The fourth-order valence-electron chi connectivity index (χ4n) is 4.64. The highest BCUT2D eigenvalue weighted by atomic mass is 32.2. The van der Waals surface area contributed by atoms with Crippen LogP contribution in [0, 0.1) is 29.5 Å². The van der Waals surface area contributed by atoms with Crippen molar-refractivity contribution in [3.63, 3.8) is 0 Å². The second kappa shape index (κ2) is 11.3. The van der Waals surface area contributed by atoms with E-state index in [2.05, 4.69) is 27.9 Å². The molecule has 2 heterocycles. The minimum absolute atomic E-state index is 0.00995. The molecule has 0 unspecified atom stereocenters. The molecule has 1 aliphatic carbocycles. The lowest BCUT2D eigenvalue weighted by Crippen LogP contribution is -2.27. The molecule has 2 aromatic heterocycles. The van der Waals surface area contributed by atoms with E-state index in [0.717, 1.165) is 39.2 Å². The average Bonchev–Trinajstić information content (AvgIpc) is 3.61. The topological polar surface area (TPSA) is 112 Å². The highest BCUT2D eigenvalue weighted by molar-refractivity contribution is 7.99. The van der Waals surface area contributed by atoms with E-state index < -0.39 is 5.82 Å². The predicted octanol–water partition coefficient (Wildman–Crippen LogP) is 5.78. The van der Waals surface area contributed by atoms with E-state index in [1.54, 1.807) is 17.8 Å². The van der Waals surface area contributed by atoms with Crippen LogP contribution in [0.15, 0.2) is 52.4 Å². The number of amides is 1. The molecule has 8 nitrogen and oxygen atoms in total. The number of carbonyl (C=O) groups is 1. The number of hydrogen-bond acceptors (Lipinski definition) is 6. The average molecular weight is 544 g/mol. The standard InChI is InChI=1S/C29H30FN7OS/c1-18-27(39-22-8-10-25-20(13-22)16-34-36(25)2)14-26(37(18)12-4-3-11-31)29(38)33-17-23-24(30)9-5-19(15-32)28(23)35-21-6-7-21/h5,8-10,13-16,21,32,35H,3-4,6-7,12,17H2,1-2H3,(H,33,38). The summed E-state index contributed by atoms with van der Waals surface area (Å²) in [6.45, 7) is 2.49. The Morgan fingerprint density at radius 1 is 1.31 bits per heavy atom. The van der Waals surface area contributed by atoms with E-state index in [1.807, 2.05) is 47.6 Å². The summed E-state index contributed by atoms with van der Waals surface area (Å²) in [5, 5.41) is 28.4. The summed E-state index contributed by atoms with van der Waals surface area (Å²) in [6.07, 6.45) is 6.04. The van der Waals surface area contributed by atoms with Crippen molar-refractivity contribution in [2.24, 2.45) is 7.05 Å². The monoisotopic (exact) mass is 543 g/mol. The van der Waals surface area contributed by atoms with Crippen molar-refractivity contribution >= 4 is 40.5 Å². The summed E-state index contributed by atoms with van der Waals surface area (Å²) in [5.74, 6) is -0.742. The molecule has 1 aliphatic rings. The third-order valence-corrected chi connectivity index (χ3v) is 8.09. The van der Waals surface area contributed by atoms with Crippen LogP contribution in [0.4, 0.5) is 10.1 Å². The van der Waals surface area contributed by atoms with Crippen molar-refractivity contribution in [2.45, 2.75) is 61.5 Å². The lowest BCUT2D eigenvalue weighted by molar-refractivity contribution is 0.0941. The van der Waals surface area contributed by atoms with E-state index >= 15 is 0 Å². The van der Waals surface area contributed by atoms with Crippen molar-refractivity contribution in [1.29, 1.82) is 10.7 Å². The van der Waals surface area contributed by atoms with Gasteiger partial charge in [-0.05, 0) is 62.6 Å². The third-order valence-electron chi connectivity index (χ3n) is 6.96. The number of rotatable bonds is 11. The highest BCUT2D eigenvalue weighted by Gasteiger charge is 2.25. The van der Waals surface area contributed by atoms with E-state index in [9.17, 15) is 9.18 Å². The summed E-state index contributed by atoms with van der Waals surface area (Å²) < 4.78 is 18.7. The van der Waals surface area contributed by atoms with E-state index in [4.69, 9.17) is 10.7 Å². The van der Waals surface area contributed by atoms with Gasteiger partial charge in [0.25, 0.3) is 5.91 Å². The van der Waals surface area contributed by atoms with E-state index in [1.165, 1.54) is 12.3 Å². The van der Waals surface area contributed by atoms with Crippen LogP contribution in [0.2, 0.25) is 0 Å². The molecule has 0 bridgehead atoms. The third kappa shape index (κ3) is 5.68. The molecule has 0 radical (unpaired) electrons. The van der Waals surface area contributed by atoms with Crippen LogP contribution < -0.4 is 10.6 Å². The number of anilines is 1. The largest absolute Gasteiger partial charge is 0.381 e. The lowest BCUT2D eigenvalue weighted by Gasteiger charge is -2.16. The highest BCUT2D eigenvalue weighted by Crippen LogP contribution is 2.35. The number of nitrogens with zero attached hydrogens (tertiary/aromatic N) is 4. The molecule has 2 aromatic carbocycles. The van der Waals surface area contributed by atoms with Gasteiger partial charge >= 0.3 is 0 Å². The number of fused-ring (bicyclic) bond motifs is 1. The number of nitriles is 1. The van der Waals surface area contributed by atoms with Crippen LogP contribution in [-0.4, -0.2) is 32.5 Å². The molecule has 3 N–H and O–H groups in total. The lowest BCUT2D eigenvalue weighted by atomic mass is 10.1. The molecule has 1 fully saturated rings. The van der Waals surface area contributed by atoms with E-state index in [0.29, 0.717) is 41.9 Å². The summed E-state index contributed by atoms with van der Waals surface area (Å²) in [5.41, 5.74) is 3.94. The van der Waals surface area contributed by atoms with Gasteiger partial charge in [0.2, 0.25) is 0 Å². The molecule has 0 saturated heterocycles. The summed E-state index contributed by atoms with van der Waals surface area (Å²) >= 11 is 1.57. The van der Waals surface area contributed by atoms with Crippen LogP contribution in [0.25, 0.3) is 10.9 Å². The maximum absolute atomic E-state index is 14.9. The van der Waals surface area contributed by atoms with Crippen LogP contribution >= 0.6 is 11.8 Å². The Morgan fingerprint density at radius 2 is 2.13 bits per heavy atom. The Kier molecular flexibility index (Phi) is 7.70. The van der Waals surface area contributed by atoms with Crippen LogP contribution in [0.3, 0.4) is 0 Å². The first-order chi connectivity index (χ1) is 18.9. The number of carbonyl (C=O) groups excluding carboxylic acids is 1. The Labute approximate surface area is 230 Å². The minimum atomic E-state index is -0.424. The van der Waals surface area contributed by atoms with Crippen molar-refractivity contribution in [1.82, 2.24) is 19.7 Å². The molecule has 5 rings (SSSR count). The maximum Gasteiger partial charge on any atom is 0.268 e. The quantitative estimate of drug-likeness (QED) is 0.164. The number of aromatic nitrogens is 3. The van der Waals surface area contributed by atoms with Gasteiger partial charge in [-0.15, -0.1) is 0 Å². The molecule has 1 saturated carbocycles. The van der Waals surface area contributed by atoms with Gasteiger partial charge in [0.1, 0.15) is 11.5 Å². The Morgan fingerprint density at radius 3 is 2.87 bits per heavy atom. The Balaban J connectivity index is 1.41. The summed E-state index contributed by atoms with van der Waals surface area (Å²) in [6, 6.07) is 13.4. The van der Waals surface area contributed by atoms with Gasteiger partial charge in [-0.25, -0.2) is 4.39 Å². The second-order valence-electron chi connectivity index (χ2n) is 9.72. The smallest absolute Gasteiger partial charge is 0.268 e. The zero-order valence-corrected chi connectivity index (χ0v) is 22.7. The first-order valence-electron chi connectivity index (χ1n) is 12.9. The second-order valence-corrected chi connectivity index (χ2v) is 10.8. The van der Waals surface area contributed by atoms with Gasteiger partial charge in [0.15, 0.2) is 0 Å². The maximum atomic E-state index is 14.9. The van der Waals surface area contributed by atoms with E-state index in [-0.39, 0.29) is 18.5 Å². The van der Waals surface area contributed by atoms with Gasteiger partial charge in [-0.2, -0.15) is 10.4 Å². The van der Waals surface area contributed by atoms with Crippen molar-refractivity contribution in [3.8, 4) is 6.07 Å². The molecule has 0 spiro atoms. The Hall–Kier alpha value is -4.10. The normalized spacial score (nSPS) is 12.9. The number of unbranched alkanes of at least 4 members (excludes halogenated alkanes) is 1. The molecule has 4 aromatic rings. The Bertz CT molecular complexity index is 1600. The zero-order chi connectivity index (χ0) is 27.5. The molecule has 39 heavy (non-hydrogen) atoms. The van der Waals surface area contributed by atoms with Crippen molar-refractivity contribution in [3.05, 3.63) is 70.9 Å². The fraction of sp³-hybridized carbons (Fsp3) is 0.310. The van der Waals surface area contributed by atoms with Gasteiger partial charge in [-0.3, -0.25) is 9.48 Å². The molecular formula is C29H30FN7OS. The SMILES string of the molecule is Cc1c(Sc2ccc3c(cnn3C)c2)cc(C(=O)NCc2c(F)ccc(C=N)c2NC2CC2)n1CCCC#N. The number of hydrogen-bond donors (Lipinski definition) is 3. The minimum Gasteiger partial charge on any atom is -0.381 e. The first kappa shape index (κ1) is 26.5. The number of halogens is 1. The summed E-state index contributed by atoms with van der Waals surface area (Å²) in [4.78, 5) is 15.4. The molecule has 0 atom stereocenters. The number of nitrogens with one attached hydrogen (secondary N) is 3. The zero-order valence-electron chi connectivity index (χ0n) is 21.9. The first-order valence-corrected chi connectivity index (χ1v) is 13.7. The van der Waals surface area contributed by atoms with Gasteiger partial charge in [0.05, 0.1) is 23.5 Å². The van der Waals surface area contributed by atoms with Gasteiger partial charge < -0.3 is 20.6 Å². The van der Waals surface area contributed by atoms with Crippen LogP contribution in [-0.2, 0) is 20.1 Å². The number of benzene rings is 2. The molecule has 10 heteroatoms. The molecule has 200 valence electrons. The van der Waals surface area contributed by atoms with Gasteiger partial charge in [-0.1, -0.05) is 11.8 Å². The molecule has 0 aliphatic heterocycles. The van der Waals surface area contributed by atoms with Crippen molar-refractivity contribution in [2.75, 3.05) is 5.32 Å². The molecular weight excluding hydrogens is 513 g/mol. The van der Waals surface area contributed by atoms with Crippen molar-refractivity contribution < 1.29 is 9.18 Å². The predicted molar refractivity (Wildman–Crippen MR) is 151 cm³/mol. The van der Waals surface area contributed by atoms with Crippen LogP contribution in [0.1, 0.15) is 53.0 Å². The fourth-order valence-corrected chi connectivity index (χ4v) is 5.65. The number of aryl methyl sites for hydroxylation is 1.